The highest BCUT2D eigenvalue weighted by atomic mass is 16.5. The van der Waals surface area contributed by atoms with Crippen LogP contribution < -0.4 is 0 Å². The highest BCUT2D eigenvalue weighted by molar-refractivity contribution is 5.79. The van der Waals surface area contributed by atoms with E-state index >= 15 is 0 Å². The van der Waals surface area contributed by atoms with Gasteiger partial charge in [-0.2, -0.15) is 0 Å². The normalized spacial score (nSPS) is 18.2. The Morgan fingerprint density at radius 2 is 2.07 bits per heavy atom. The minimum atomic E-state index is 0.127. The summed E-state index contributed by atoms with van der Waals surface area (Å²) < 4.78 is 7.85. The molecule has 0 saturated heterocycles. The molecule has 2 heteroatoms. The van der Waals surface area contributed by atoms with Gasteiger partial charge in [-0.1, -0.05) is 18.2 Å². The summed E-state index contributed by atoms with van der Waals surface area (Å²) in [7, 11) is 1.82. The van der Waals surface area contributed by atoms with E-state index in [4.69, 9.17) is 4.74 Å². The van der Waals surface area contributed by atoms with Gasteiger partial charge in [0.2, 0.25) is 0 Å². The van der Waals surface area contributed by atoms with Gasteiger partial charge in [0.1, 0.15) is 0 Å². The number of hydrogen-bond acceptors (Lipinski definition) is 1. The number of rotatable bonds is 3. The van der Waals surface area contributed by atoms with Crippen molar-refractivity contribution in [1.82, 2.24) is 4.57 Å². The standard InChI is InChI=1S/C13H15NO/c1-15-13(7-8-13)10-14-9-6-11-4-2-3-5-12(11)14/h2-6,9H,7-8,10H2,1H3. The van der Waals surface area contributed by atoms with Crippen LogP contribution in [-0.4, -0.2) is 17.3 Å². The molecule has 0 unspecified atom stereocenters. The molecule has 15 heavy (non-hydrogen) atoms. The van der Waals surface area contributed by atoms with Gasteiger partial charge in [-0.05, 0) is 30.4 Å². The van der Waals surface area contributed by atoms with Crippen molar-refractivity contribution in [2.45, 2.75) is 25.0 Å². The molecule has 1 aromatic heterocycles. The van der Waals surface area contributed by atoms with Crippen LogP contribution in [0.2, 0.25) is 0 Å². The summed E-state index contributed by atoms with van der Waals surface area (Å²) in [4.78, 5) is 0. The molecule has 0 aliphatic heterocycles. The van der Waals surface area contributed by atoms with E-state index < -0.39 is 0 Å². The highest BCUT2D eigenvalue weighted by Gasteiger charge is 2.43. The fraction of sp³-hybridized carbons (Fsp3) is 0.385. The third-order valence-electron chi connectivity index (χ3n) is 3.38. The molecular formula is C13H15NO. The number of aromatic nitrogens is 1. The number of para-hydroxylation sites is 1. The van der Waals surface area contributed by atoms with Crippen LogP contribution >= 0.6 is 0 Å². The minimum Gasteiger partial charge on any atom is -0.376 e. The van der Waals surface area contributed by atoms with Gasteiger partial charge in [-0.25, -0.2) is 0 Å². The van der Waals surface area contributed by atoms with Crippen LogP contribution in [-0.2, 0) is 11.3 Å². The SMILES string of the molecule is COC1(Cn2ccc3ccccc32)CC1. The van der Waals surface area contributed by atoms with Crippen molar-refractivity contribution < 1.29 is 4.74 Å². The molecular weight excluding hydrogens is 186 g/mol. The molecule has 2 aromatic rings. The number of ether oxygens (including phenoxy) is 1. The zero-order chi connectivity index (χ0) is 10.3. The monoisotopic (exact) mass is 201 g/mol. The van der Waals surface area contributed by atoms with Crippen LogP contribution in [0.4, 0.5) is 0 Å². The first kappa shape index (κ1) is 8.98. The predicted octanol–water partition coefficient (Wildman–Crippen LogP) is 2.82. The fourth-order valence-electron chi connectivity index (χ4n) is 2.16. The van der Waals surface area contributed by atoms with E-state index in [0.717, 1.165) is 6.54 Å². The molecule has 0 N–H and O–H groups in total. The summed E-state index contributed by atoms with van der Waals surface area (Å²) in [6, 6.07) is 10.7. The van der Waals surface area contributed by atoms with E-state index in [9.17, 15) is 0 Å². The van der Waals surface area contributed by atoms with Crippen molar-refractivity contribution in [3.05, 3.63) is 36.5 Å². The molecule has 3 rings (SSSR count). The zero-order valence-electron chi connectivity index (χ0n) is 8.94. The second-order valence-electron chi connectivity index (χ2n) is 4.39. The third-order valence-corrected chi connectivity index (χ3v) is 3.38. The van der Waals surface area contributed by atoms with E-state index in [0.29, 0.717) is 0 Å². The maximum Gasteiger partial charge on any atom is 0.0858 e. The molecule has 0 atom stereocenters. The number of hydrogen-bond donors (Lipinski definition) is 0. The zero-order valence-corrected chi connectivity index (χ0v) is 8.94. The van der Waals surface area contributed by atoms with Gasteiger partial charge < -0.3 is 9.30 Å². The molecule has 0 bridgehead atoms. The summed E-state index contributed by atoms with van der Waals surface area (Å²) in [5.74, 6) is 0. The molecule has 1 aliphatic rings. The van der Waals surface area contributed by atoms with Gasteiger partial charge >= 0.3 is 0 Å². The second kappa shape index (κ2) is 3.11. The number of methoxy groups -OCH3 is 1. The first-order valence-electron chi connectivity index (χ1n) is 5.42. The molecule has 1 aliphatic carbocycles. The van der Waals surface area contributed by atoms with Crippen LogP contribution in [0.25, 0.3) is 10.9 Å². The quantitative estimate of drug-likeness (QED) is 0.744. The Labute approximate surface area is 89.5 Å². The van der Waals surface area contributed by atoms with Crippen molar-refractivity contribution in [3.8, 4) is 0 Å². The lowest BCUT2D eigenvalue weighted by Gasteiger charge is -2.14. The van der Waals surface area contributed by atoms with Crippen LogP contribution in [0.5, 0.6) is 0 Å². The minimum absolute atomic E-state index is 0.127. The summed E-state index contributed by atoms with van der Waals surface area (Å²) in [5.41, 5.74) is 1.43. The van der Waals surface area contributed by atoms with Crippen LogP contribution in [0.3, 0.4) is 0 Å². The average molecular weight is 201 g/mol. The largest absolute Gasteiger partial charge is 0.376 e. The van der Waals surface area contributed by atoms with E-state index in [1.54, 1.807) is 0 Å². The van der Waals surface area contributed by atoms with Gasteiger partial charge in [0.25, 0.3) is 0 Å². The van der Waals surface area contributed by atoms with Crippen LogP contribution in [0.1, 0.15) is 12.8 Å². The molecule has 1 saturated carbocycles. The highest BCUT2D eigenvalue weighted by Crippen LogP contribution is 2.41. The van der Waals surface area contributed by atoms with E-state index in [-0.39, 0.29) is 5.60 Å². The molecule has 1 fully saturated rings. The third kappa shape index (κ3) is 1.45. The lowest BCUT2D eigenvalue weighted by Crippen LogP contribution is -2.19. The summed E-state index contributed by atoms with van der Waals surface area (Å²) >= 11 is 0. The maximum absolute atomic E-state index is 5.55. The van der Waals surface area contributed by atoms with Crippen molar-refractivity contribution in [1.29, 1.82) is 0 Å². The van der Waals surface area contributed by atoms with E-state index in [1.165, 1.54) is 23.7 Å². The smallest absolute Gasteiger partial charge is 0.0858 e. The molecule has 1 aromatic carbocycles. The van der Waals surface area contributed by atoms with Gasteiger partial charge in [-0.15, -0.1) is 0 Å². The van der Waals surface area contributed by atoms with Crippen molar-refractivity contribution in [2.75, 3.05) is 7.11 Å². The van der Waals surface area contributed by atoms with Crippen LogP contribution in [0.15, 0.2) is 36.5 Å². The second-order valence-corrected chi connectivity index (χ2v) is 4.39. The summed E-state index contributed by atoms with van der Waals surface area (Å²) in [5, 5.41) is 1.31. The van der Waals surface area contributed by atoms with Gasteiger partial charge in [-0.3, -0.25) is 0 Å². The van der Waals surface area contributed by atoms with Crippen molar-refractivity contribution in [3.63, 3.8) is 0 Å². The number of nitrogens with zero attached hydrogens (tertiary/aromatic N) is 1. The lowest BCUT2D eigenvalue weighted by atomic mass is 10.2. The Bertz CT molecular complexity index is 482. The first-order valence-corrected chi connectivity index (χ1v) is 5.42. The number of fused-ring (bicyclic) bond motifs is 1. The molecule has 0 radical (unpaired) electrons. The van der Waals surface area contributed by atoms with Gasteiger partial charge in [0.05, 0.1) is 12.1 Å². The maximum atomic E-state index is 5.55. The summed E-state index contributed by atoms with van der Waals surface area (Å²) in [6.45, 7) is 0.983. The first-order chi connectivity index (χ1) is 7.33. The Balaban J connectivity index is 1.98. The molecule has 2 nitrogen and oxygen atoms in total. The lowest BCUT2D eigenvalue weighted by molar-refractivity contribution is 0.0662. The fourth-order valence-corrected chi connectivity index (χ4v) is 2.16. The average Bonchev–Trinajstić information content (AvgIpc) is 2.95. The molecule has 0 spiro atoms. The van der Waals surface area contributed by atoms with Gasteiger partial charge in [0, 0.05) is 18.8 Å². The predicted molar refractivity (Wildman–Crippen MR) is 60.9 cm³/mol. The molecule has 78 valence electrons. The Morgan fingerprint density at radius 1 is 1.27 bits per heavy atom. The Morgan fingerprint density at radius 3 is 2.80 bits per heavy atom. The topological polar surface area (TPSA) is 14.2 Å². The Kier molecular flexibility index (Phi) is 1.86. The summed E-state index contributed by atoms with van der Waals surface area (Å²) in [6.07, 6.45) is 4.54. The Hall–Kier alpha value is -1.28. The van der Waals surface area contributed by atoms with Gasteiger partial charge in [0.15, 0.2) is 0 Å². The number of benzene rings is 1. The van der Waals surface area contributed by atoms with Crippen LogP contribution in [0, 0.1) is 0 Å². The van der Waals surface area contributed by atoms with E-state index in [1.807, 2.05) is 7.11 Å². The van der Waals surface area contributed by atoms with Crippen molar-refractivity contribution >= 4 is 10.9 Å². The van der Waals surface area contributed by atoms with Crippen molar-refractivity contribution in [2.24, 2.45) is 0 Å². The molecule has 1 heterocycles. The molecule has 0 amide bonds. The van der Waals surface area contributed by atoms with E-state index in [2.05, 4.69) is 41.1 Å².